The number of ketones is 1. The normalized spacial score (nSPS) is 22.5. The number of hydrogen-bond acceptors (Lipinski definition) is 2. The van der Waals surface area contributed by atoms with Gasteiger partial charge in [-0.3, -0.25) is 9.59 Å². The molecule has 0 radical (unpaired) electrons. The van der Waals surface area contributed by atoms with Crippen molar-refractivity contribution < 1.29 is 9.59 Å². The van der Waals surface area contributed by atoms with Gasteiger partial charge in [0.25, 0.3) is 0 Å². The highest BCUT2D eigenvalue weighted by molar-refractivity contribution is 6.04. The molecule has 1 aliphatic heterocycles. The molecule has 1 saturated heterocycles. The Balaban J connectivity index is 1.88. The average molecular weight is 317 g/mol. The van der Waals surface area contributed by atoms with Gasteiger partial charge in [0, 0.05) is 30.9 Å². The molecular formula is C21H19NO2. The van der Waals surface area contributed by atoms with Gasteiger partial charge in [-0.15, -0.1) is 0 Å². The van der Waals surface area contributed by atoms with E-state index in [-0.39, 0.29) is 30.1 Å². The van der Waals surface area contributed by atoms with E-state index in [0.29, 0.717) is 6.54 Å². The number of carbonyl (C=O) groups excluding carboxylic acids is 2. The second-order valence-electron chi connectivity index (χ2n) is 6.55. The number of carbonyl (C=O) groups is 2. The Morgan fingerprint density at radius 3 is 2.50 bits per heavy atom. The molecule has 1 aliphatic carbocycles. The minimum absolute atomic E-state index is 0.0208. The van der Waals surface area contributed by atoms with Crippen LogP contribution in [0.15, 0.2) is 60.2 Å². The van der Waals surface area contributed by atoms with Crippen molar-refractivity contribution in [2.75, 3.05) is 13.1 Å². The molecule has 2 aromatic rings. The first-order chi connectivity index (χ1) is 11.6. The molecule has 2 unspecified atom stereocenters. The van der Waals surface area contributed by atoms with E-state index in [4.69, 9.17) is 0 Å². The fourth-order valence-electron chi connectivity index (χ4n) is 3.97. The number of piperidine rings is 1. The Morgan fingerprint density at radius 1 is 1.04 bits per heavy atom. The van der Waals surface area contributed by atoms with Gasteiger partial charge in [0.2, 0.25) is 5.91 Å². The lowest BCUT2D eigenvalue weighted by Crippen LogP contribution is -2.47. The van der Waals surface area contributed by atoms with Gasteiger partial charge in [-0.05, 0) is 22.8 Å². The third-order valence-electron chi connectivity index (χ3n) is 5.12. The van der Waals surface area contributed by atoms with Crippen LogP contribution in [-0.2, 0) is 9.59 Å². The molecule has 0 saturated carbocycles. The number of Topliss-reactive ketones (excluding diaryl/α,β-unsaturated/α-hetero) is 1. The largest absolute Gasteiger partial charge is 0.335 e. The van der Waals surface area contributed by atoms with Gasteiger partial charge >= 0.3 is 0 Å². The minimum atomic E-state index is -0.0342. The lowest BCUT2D eigenvalue weighted by Gasteiger charge is -2.41. The summed E-state index contributed by atoms with van der Waals surface area (Å²) < 4.78 is 0. The van der Waals surface area contributed by atoms with Gasteiger partial charge in [0.05, 0.1) is 6.54 Å². The molecule has 3 heteroatoms. The summed E-state index contributed by atoms with van der Waals surface area (Å²) in [5.41, 5.74) is 4.40. The molecule has 2 aromatic carbocycles. The molecule has 0 N–H and O–H groups in total. The maximum Gasteiger partial charge on any atom is 0.219 e. The van der Waals surface area contributed by atoms with Crippen LogP contribution in [0, 0.1) is 5.92 Å². The van der Waals surface area contributed by atoms with Crippen LogP contribution in [0.2, 0.25) is 0 Å². The van der Waals surface area contributed by atoms with Gasteiger partial charge in [0.1, 0.15) is 0 Å². The topological polar surface area (TPSA) is 37.4 Å². The van der Waals surface area contributed by atoms with Crippen LogP contribution < -0.4 is 0 Å². The summed E-state index contributed by atoms with van der Waals surface area (Å²) in [4.78, 5) is 26.2. The molecule has 2 atom stereocenters. The number of benzene rings is 2. The summed E-state index contributed by atoms with van der Waals surface area (Å²) in [6.45, 7) is 2.33. The third-order valence-corrected chi connectivity index (χ3v) is 5.12. The van der Waals surface area contributed by atoms with E-state index in [1.807, 2.05) is 36.4 Å². The first kappa shape index (κ1) is 14.9. The molecule has 3 nitrogen and oxygen atoms in total. The average Bonchev–Trinajstić information content (AvgIpc) is 2.60. The maximum absolute atomic E-state index is 12.7. The summed E-state index contributed by atoms with van der Waals surface area (Å²) in [5.74, 6) is 0.158. The highest BCUT2D eigenvalue weighted by atomic mass is 16.2. The van der Waals surface area contributed by atoms with Crippen molar-refractivity contribution in [1.29, 1.82) is 0 Å². The number of rotatable bonds is 1. The van der Waals surface area contributed by atoms with Crippen LogP contribution in [0.1, 0.15) is 29.5 Å². The highest BCUT2D eigenvalue weighted by Crippen LogP contribution is 2.44. The van der Waals surface area contributed by atoms with Crippen LogP contribution in [0.25, 0.3) is 6.08 Å². The van der Waals surface area contributed by atoms with Crippen LogP contribution in [0.4, 0.5) is 0 Å². The van der Waals surface area contributed by atoms with Crippen molar-refractivity contribution in [2.45, 2.75) is 12.8 Å². The fraction of sp³-hybridized carbons (Fsp3) is 0.238. The van der Waals surface area contributed by atoms with Crippen LogP contribution in [-0.4, -0.2) is 29.7 Å². The number of fused-ring (bicyclic) bond motifs is 2. The zero-order chi connectivity index (χ0) is 16.7. The van der Waals surface area contributed by atoms with Gasteiger partial charge < -0.3 is 4.90 Å². The Kier molecular flexibility index (Phi) is 3.57. The third kappa shape index (κ3) is 2.37. The van der Waals surface area contributed by atoms with Gasteiger partial charge in [-0.2, -0.15) is 0 Å². The quantitative estimate of drug-likeness (QED) is 0.809. The van der Waals surface area contributed by atoms with E-state index in [1.165, 1.54) is 18.1 Å². The Hall–Kier alpha value is -2.68. The Labute approximate surface area is 141 Å². The summed E-state index contributed by atoms with van der Waals surface area (Å²) >= 11 is 0. The second-order valence-corrected chi connectivity index (χ2v) is 6.55. The molecule has 4 rings (SSSR count). The predicted octanol–water partition coefficient (Wildman–Crippen LogP) is 3.26. The minimum Gasteiger partial charge on any atom is -0.335 e. The molecule has 24 heavy (non-hydrogen) atoms. The number of hydrogen-bond donors (Lipinski definition) is 0. The van der Waals surface area contributed by atoms with Gasteiger partial charge in [0.15, 0.2) is 5.78 Å². The van der Waals surface area contributed by atoms with Crippen LogP contribution in [0.5, 0.6) is 0 Å². The van der Waals surface area contributed by atoms with Crippen molar-refractivity contribution >= 4 is 17.8 Å². The Bertz CT molecular complexity index is 838. The summed E-state index contributed by atoms with van der Waals surface area (Å²) in [6, 6.07) is 18.5. The van der Waals surface area contributed by atoms with Crippen molar-refractivity contribution in [3.05, 3.63) is 76.9 Å². The first-order valence-electron chi connectivity index (χ1n) is 8.29. The molecule has 1 fully saturated rings. The second kappa shape index (κ2) is 5.75. The fourth-order valence-corrected chi connectivity index (χ4v) is 3.97. The van der Waals surface area contributed by atoms with Crippen molar-refractivity contribution in [3.63, 3.8) is 0 Å². The summed E-state index contributed by atoms with van der Waals surface area (Å²) in [6.07, 6.45) is 2.03. The summed E-state index contributed by atoms with van der Waals surface area (Å²) in [5, 5.41) is 0. The van der Waals surface area contributed by atoms with Crippen molar-refractivity contribution in [3.8, 4) is 0 Å². The SMILES string of the molecule is CC(=O)N1CC(=O)C2=Cc3ccccc3C(c3ccccc3)C2C1. The smallest absolute Gasteiger partial charge is 0.219 e. The highest BCUT2D eigenvalue weighted by Gasteiger charge is 2.40. The standard InChI is InChI=1S/C21H19NO2/c1-14(23)22-12-19-18(20(24)13-22)11-16-9-5-6-10-17(16)21(19)15-7-3-2-4-8-15/h2-11,19,21H,12-13H2,1H3. The monoisotopic (exact) mass is 317 g/mol. The van der Waals surface area contributed by atoms with Gasteiger partial charge in [-0.25, -0.2) is 0 Å². The lowest BCUT2D eigenvalue weighted by atomic mass is 9.69. The van der Waals surface area contributed by atoms with E-state index in [9.17, 15) is 9.59 Å². The van der Waals surface area contributed by atoms with Crippen LogP contribution >= 0.6 is 0 Å². The molecule has 1 amide bonds. The van der Waals surface area contributed by atoms with E-state index in [1.54, 1.807) is 4.90 Å². The summed E-state index contributed by atoms with van der Waals surface area (Å²) in [7, 11) is 0. The van der Waals surface area contributed by atoms with E-state index >= 15 is 0 Å². The van der Waals surface area contributed by atoms with Gasteiger partial charge in [-0.1, -0.05) is 54.6 Å². The molecule has 0 spiro atoms. The molecule has 1 heterocycles. The molecule has 0 bridgehead atoms. The number of nitrogens with zero attached hydrogens (tertiary/aromatic N) is 1. The zero-order valence-corrected chi connectivity index (χ0v) is 13.6. The van der Waals surface area contributed by atoms with Crippen molar-refractivity contribution in [1.82, 2.24) is 4.90 Å². The lowest BCUT2D eigenvalue weighted by molar-refractivity contribution is -0.135. The van der Waals surface area contributed by atoms with Crippen molar-refractivity contribution in [2.24, 2.45) is 5.92 Å². The van der Waals surface area contributed by atoms with Crippen LogP contribution in [0.3, 0.4) is 0 Å². The zero-order valence-electron chi connectivity index (χ0n) is 13.6. The Morgan fingerprint density at radius 2 is 1.75 bits per heavy atom. The van der Waals surface area contributed by atoms with E-state index in [2.05, 4.69) is 24.3 Å². The number of amides is 1. The molecule has 2 aliphatic rings. The van der Waals surface area contributed by atoms with E-state index in [0.717, 1.165) is 11.1 Å². The van der Waals surface area contributed by atoms with E-state index < -0.39 is 0 Å². The predicted molar refractivity (Wildman–Crippen MR) is 93.5 cm³/mol. The molecule has 120 valence electrons. The maximum atomic E-state index is 12.7. The molecular weight excluding hydrogens is 298 g/mol. The molecule has 0 aromatic heterocycles. The number of likely N-dealkylation sites (tertiary alicyclic amines) is 1. The first-order valence-corrected chi connectivity index (χ1v) is 8.29.